The van der Waals surface area contributed by atoms with Crippen LogP contribution in [0.3, 0.4) is 0 Å². The van der Waals surface area contributed by atoms with Crippen molar-refractivity contribution in [3.05, 3.63) is 74.7 Å². The predicted octanol–water partition coefficient (Wildman–Crippen LogP) is 2.90. The zero-order chi connectivity index (χ0) is 19.6. The molecule has 1 aliphatic heterocycles. The summed E-state index contributed by atoms with van der Waals surface area (Å²) in [6, 6.07) is 11.5. The van der Waals surface area contributed by atoms with E-state index in [1.54, 1.807) is 12.1 Å². The van der Waals surface area contributed by atoms with Gasteiger partial charge in [0.25, 0.3) is 11.6 Å². The maximum Gasteiger partial charge on any atom is 0.269 e. The van der Waals surface area contributed by atoms with Gasteiger partial charge in [-0.2, -0.15) is 5.26 Å². The lowest BCUT2D eigenvalue weighted by atomic mass is 10.1. The van der Waals surface area contributed by atoms with E-state index in [2.05, 4.69) is 5.32 Å². The number of nitro benzene ring substituents is 1. The number of nitrogens with zero attached hydrogens (tertiary/aromatic N) is 2. The lowest BCUT2D eigenvalue weighted by molar-refractivity contribution is -0.384. The van der Waals surface area contributed by atoms with E-state index in [0.717, 1.165) is 5.41 Å². The molecule has 0 atom stereocenters. The Bertz CT molecular complexity index is 1160. The Balaban J connectivity index is 1.82. The lowest BCUT2D eigenvalue weighted by Crippen LogP contribution is -2.13. The molecule has 0 unspecified atom stereocenters. The first kappa shape index (κ1) is 18.0. The monoisotopic (exact) mass is 381 g/mol. The summed E-state index contributed by atoms with van der Waals surface area (Å²) < 4.78 is 23.8. The predicted molar refractivity (Wildman–Crippen MR) is 98.0 cm³/mol. The molecule has 0 aromatic heterocycles. The van der Waals surface area contributed by atoms with Crippen LogP contribution >= 0.6 is 0 Å². The fourth-order valence-corrected chi connectivity index (χ4v) is 3.67. The first-order valence-corrected chi connectivity index (χ1v) is 9.09. The van der Waals surface area contributed by atoms with E-state index in [9.17, 15) is 28.6 Å². The molecule has 3 rings (SSSR count). The van der Waals surface area contributed by atoms with Crippen LogP contribution in [-0.4, -0.2) is 19.2 Å². The van der Waals surface area contributed by atoms with E-state index in [-0.39, 0.29) is 21.8 Å². The number of nitriles is 1. The van der Waals surface area contributed by atoms with Crippen LogP contribution in [0.2, 0.25) is 0 Å². The Kier molecular flexibility index (Phi) is 4.58. The number of anilines is 1. The molecule has 0 saturated carbocycles. The van der Waals surface area contributed by atoms with Gasteiger partial charge in [0, 0.05) is 23.2 Å². The van der Waals surface area contributed by atoms with Crippen LogP contribution in [0.1, 0.15) is 11.1 Å². The van der Waals surface area contributed by atoms with Crippen molar-refractivity contribution in [2.75, 3.05) is 5.32 Å². The lowest BCUT2D eigenvalue weighted by Gasteiger charge is -2.06. The van der Waals surface area contributed by atoms with Gasteiger partial charge in [-0.15, -0.1) is 0 Å². The number of non-ortho nitro benzene ring substituents is 1. The van der Waals surface area contributed by atoms with Crippen LogP contribution in [-0.2, 0) is 14.6 Å². The first-order chi connectivity index (χ1) is 12.8. The van der Waals surface area contributed by atoms with E-state index in [1.165, 1.54) is 48.6 Å². The number of rotatable bonds is 4. The highest BCUT2D eigenvalue weighted by Crippen LogP contribution is 2.29. The van der Waals surface area contributed by atoms with Crippen molar-refractivity contribution in [3.63, 3.8) is 0 Å². The summed E-state index contributed by atoms with van der Waals surface area (Å²) in [4.78, 5) is 22.5. The molecule has 2 aromatic carbocycles. The SMILES string of the molecule is N#CC(=Cc1ccc([N+](=O)[O-])cc1)C(=O)Nc1ccc2c(c1)S(=O)(=O)C=C2. The largest absolute Gasteiger partial charge is 0.321 e. The Morgan fingerprint density at radius 3 is 2.52 bits per heavy atom. The van der Waals surface area contributed by atoms with Gasteiger partial charge in [0.2, 0.25) is 9.84 Å². The van der Waals surface area contributed by atoms with Crippen LogP contribution in [0.4, 0.5) is 11.4 Å². The molecule has 0 aliphatic carbocycles. The van der Waals surface area contributed by atoms with Crippen LogP contribution in [0.5, 0.6) is 0 Å². The number of hydrogen-bond acceptors (Lipinski definition) is 6. The minimum Gasteiger partial charge on any atom is -0.321 e. The number of sulfone groups is 1. The van der Waals surface area contributed by atoms with Gasteiger partial charge in [0.15, 0.2) is 0 Å². The molecule has 1 amide bonds. The van der Waals surface area contributed by atoms with Gasteiger partial charge in [-0.3, -0.25) is 14.9 Å². The molecule has 2 aromatic rings. The van der Waals surface area contributed by atoms with Crippen molar-refractivity contribution < 1.29 is 18.1 Å². The fourth-order valence-electron chi connectivity index (χ4n) is 2.44. The van der Waals surface area contributed by atoms with Crippen LogP contribution in [0, 0.1) is 21.4 Å². The van der Waals surface area contributed by atoms with Crippen LogP contribution < -0.4 is 5.32 Å². The minimum atomic E-state index is -3.52. The first-order valence-electron chi connectivity index (χ1n) is 7.55. The average Bonchev–Trinajstić information content (AvgIpc) is 2.94. The molecule has 9 heteroatoms. The van der Waals surface area contributed by atoms with Crippen molar-refractivity contribution in [2.45, 2.75) is 4.90 Å². The third-order valence-corrected chi connectivity index (χ3v) is 5.25. The summed E-state index contributed by atoms with van der Waals surface area (Å²) in [5.41, 5.74) is 0.854. The van der Waals surface area contributed by atoms with Gasteiger partial charge in [-0.05, 0) is 47.5 Å². The third kappa shape index (κ3) is 3.75. The molecule has 1 N–H and O–H groups in total. The Labute approximate surface area is 154 Å². The highest BCUT2D eigenvalue weighted by Gasteiger charge is 2.21. The molecule has 0 fully saturated rings. The molecule has 1 aliphatic rings. The summed E-state index contributed by atoms with van der Waals surface area (Å²) in [7, 11) is -3.52. The van der Waals surface area contributed by atoms with E-state index in [4.69, 9.17) is 0 Å². The van der Waals surface area contributed by atoms with E-state index >= 15 is 0 Å². The normalized spacial score (nSPS) is 14.3. The summed E-state index contributed by atoms with van der Waals surface area (Å²) in [6.45, 7) is 0. The maximum absolute atomic E-state index is 12.3. The Hall–Kier alpha value is -3.77. The van der Waals surface area contributed by atoms with Crippen molar-refractivity contribution in [3.8, 4) is 6.07 Å². The Morgan fingerprint density at radius 1 is 1.19 bits per heavy atom. The number of carbonyl (C=O) groups is 1. The molecule has 1 heterocycles. The molecular formula is C18H11N3O5S. The molecule has 134 valence electrons. The maximum atomic E-state index is 12.3. The summed E-state index contributed by atoms with van der Waals surface area (Å²) in [5.74, 6) is -0.723. The van der Waals surface area contributed by atoms with Crippen molar-refractivity contribution in [1.29, 1.82) is 5.26 Å². The van der Waals surface area contributed by atoms with E-state index in [0.29, 0.717) is 11.1 Å². The number of nitrogens with one attached hydrogen (secondary N) is 1. The smallest absolute Gasteiger partial charge is 0.269 e. The van der Waals surface area contributed by atoms with Gasteiger partial charge in [-0.1, -0.05) is 6.07 Å². The summed E-state index contributed by atoms with van der Waals surface area (Å²) in [6.07, 6.45) is 2.75. The quantitative estimate of drug-likeness (QED) is 0.375. The molecular weight excluding hydrogens is 370 g/mol. The minimum absolute atomic E-state index is 0.0816. The highest BCUT2D eigenvalue weighted by molar-refractivity contribution is 7.94. The average molecular weight is 381 g/mol. The van der Waals surface area contributed by atoms with Gasteiger partial charge >= 0.3 is 0 Å². The molecule has 0 spiro atoms. The summed E-state index contributed by atoms with van der Waals surface area (Å²) in [5, 5.41) is 23.4. The zero-order valence-corrected chi connectivity index (χ0v) is 14.4. The number of carbonyl (C=O) groups excluding carboxylic acids is 1. The van der Waals surface area contributed by atoms with Gasteiger partial charge in [0.1, 0.15) is 11.6 Å². The van der Waals surface area contributed by atoms with Crippen molar-refractivity contribution >= 4 is 39.3 Å². The number of hydrogen-bond donors (Lipinski definition) is 1. The number of nitro groups is 1. The molecule has 0 radical (unpaired) electrons. The van der Waals surface area contributed by atoms with Gasteiger partial charge < -0.3 is 5.32 Å². The second kappa shape index (κ2) is 6.86. The Morgan fingerprint density at radius 2 is 1.89 bits per heavy atom. The van der Waals surface area contributed by atoms with Gasteiger partial charge in [-0.25, -0.2) is 8.42 Å². The second-order valence-electron chi connectivity index (χ2n) is 5.57. The number of amides is 1. The van der Waals surface area contributed by atoms with Crippen LogP contribution in [0.25, 0.3) is 12.2 Å². The van der Waals surface area contributed by atoms with E-state index < -0.39 is 20.7 Å². The zero-order valence-electron chi connectivity index (χ0n) is 13.6. The molecule has 8 nitrogen and oxygen atoms in total. The molecule has 0 bridgehead atoms. The molecule has 27 heavy (non-hydrogen) atoms. The number of fused-ring (bicyclic) bond motifs is 1. The number of benzene rings is 2. The van der Waals surface area contributed by atoms with Crippen molar-refractivity contribution in [2.24, 2.45) is 0 Å². The summed E-state index contributed by atoms with van der Waals surface area (Å²) >= 11 is 0. The highest BCUT2D eigenvalue weighted by atomic mass is 32.2. The van der Waals surface area contributed by atoms with Crippen molar-refractivity contribution in [1.82, 2.24) is 0 Å². The van der Waals surface area contributed by atoms with Crippen LogP contribution in [0.15, 0.2) is 58.3 Å². The van der Waals surface area contributed by atoms with Gasteiger partial charge in [0.05, 0.1) is 9.82 Å². The standard InChI is InChI=1S/C18H11N3O5S/c19-11-14(9-12-1-5-16(6-2-12)21(23)24)18(22)20-15-4-3-13-7-8-27(25,26)17(13)10-15/h1-10H,(H,20,22). The fraction of sp³-hybridized carbons (Fsp3) is 0. The molecule has 0 saturated heterocycles. The third-order valence-electron chi connectivity index (χ3n) is 3.78. The topological polar surface area (TPSA) is 130 Å². The van der Waals surface area contributed by atoms with E-state index in [1.807, 2.05) is 0 Å². The second-order valence-corrected chi connectivity index (χ2v) is 7.37.